The van der Waals surface area contributed by atoms with Gasteiger partial charge in [0.1, 0.15) is 5.82 Å². The number of urea groups is 1. The molecular weight excluding hydrogens is 247 g/mol. The lowest BCUT2D eigenvalue weighted by atomic mass is 10.2. The first kappa shape index (κ1) is 13.4. The summed E-state index contributed by atoms with van der Waals surface area (Å²) in [5, 5.41) is 4.47. The molecular formula is C11H12ClFN2O2. The second-order valence-corrected chi connectivity index (χ2v) is 3.78. The van der Waals surface area contributed by atoms with Crippen molar-refractivity contribution in [2.24, 2.45) is 0 Å². The number of alkyl halides is 1. The van der Waals surface area contributed by atoms with Crippen LogP contribution in [0.5, 0.6) is 0 Å². The average Bonchev–Trinajstić information content (AvgIpc) is 2.23. The first-order valence-corrected chi connectivity index (χ1v) is 5.49. The Morgan fingerprint density at radius 3 is 2.76 bits per heavy atom. The molecule has 1 aromatic carbocycles. The van der Waals surface area contributed by atoms with Crippen LogP contribution in [0.1, 0.15) is 12.0 Å². The van der Waals surface area contributed by atoms with E-state index >= 15 is 0 Å². The lowest BCUT2D eigenvalue weighted by Gasteiger charge is -2.08. The Kier molecular flexibility index (Phi) is 4.90. The van der Waals surface area contributed by atoms with E-state index in [1.807, 2.05) is 0 Å². The highest BCUT2D eigenvalue weighted by Gasteiger charge is 2.08. The van der Waals surface area contributed by atoms with Crippen molar-refractivity contribution in [3.8, 4) is 0 Å². The van der Waals surface area contributed by atoms with Crippen LogP contribution in [0.3, 0.4) is 0 Å². The maximum absolute atomic E-state index is 12.9. The minimum atomic E-state index is -0.700. The van der Waals surface area contributed by atoms with Crippen LogP contribution in [0.25, 0.3) is 0 Å². The van der Waals surface area contributed by atoms with Crippen LogP contribution in [-0.2, 0) is 4.79 Å². The van der Waals surface area contributed by atoms with Crippen LogP contribution < -0.4 is 10.6 Å². The fraction of sp³-hybridized carbons (Fsp3) is 0.273. The zero-order valence-corrected chi connectivity index (χ0v) is 9.97. The smallest absolute Gasteiger partial charge is 0.307 e. The van der Waals surface area contributed by atoms with Crippen molar-refractivity contribution in [2.45, 2.75) is 13.3 Å². The summed E-state index contributed by atoms with van der Waals surface area (Å²) < 4.78 is 12.9. The second-order valence-electron chi connectivity index (χ2n) is 3.40. The van der Waals surface area contributed by atoms with E-state index in [-0.39, 0.29) is 12.3 Å². The van der Waals surface area contributed by atoms with Crippen molar-refractivity contribution in [1.82, 2.24) is 5.32 Å². The maximum atomic E-state index is 12.9. The molecule has 0 aliphatic heterocycles. The van der Waals surface area contributed by atoms with Gasteiger partial charge in [-0.05, 0) is 24.6 Å². The van der Waals surface area contributed by atoms with Crippen molar-refractivity contribution in [3.05, 3.63) is 29.6 Å². The molecule has 0 aliphatic carbocycles. The van der Waals surface area contributed by atoms with Gasteiger partial charge in [0.05, 0.1) is 0 Å². The Labute approximate surface area is 103 Å². The molecule has 17 heavy (non-hydrogen) atoms. The van der Waals surface area contributed by atoms with Gasteiger partial charge < -0.3 is 5.32 Å². The molecule has 0 saturated heterocycles. The lowest BCUT2D eigenvalue weighted by molar-refractivity contribution is -0.119. The van der Waals surface area contributed by atoms with E-state index in [1.54, 1.807) is 6.92 Å². The number of carbonyl (C=O) groups is 2. The quantitative estimate of drug-likeness (QED) is 0.818. The van der Waals surface area contributed by atoms with Gasteiger partial charge in [0, 0.05) is 18.0 Å². The van der Waals surface area contributed by atoms with Gasteiger partial charge in [0.15, 0.2) is 0 Å². The highest BCUT2D eigenvalue weighted by molar-refractivity contribution is 6.19. The van der Waals surface area contributed by atoms with E-state index in [0.717, 1.165) is 0 Å². The van der Waals surface area contributed by atoms with Crippen molar-refractivity contribution in [2.75, 3.05) is 11.2 Å². The minimum absolute atomic E-state index is 0.0527. The molecule has 1 aromatic rings. The van der Waals surface area contributed by atoms with Gasteiger partial charge >= 0.3 is 6.03 Å². The number of amides is 3. The third kappa shape index (κ3) is 4.40. The van der Waals surface area contributed by atoms with Gasteiger partial charge in [-0.3, -0.25) is 10.1 Å². The zero-order chi connectivity index (χ0) is 12.8. The summed E-state index contributed by atoms with van der Waals surface area (Å²) in [6, 6.07) is 3.30. The molecule has 1 rings (SSSR count). The molecule has 0 unspecified atom stereocenters. The molecule has 0 fully saturated rings. The highest BCUT2D eigenvalue weighted by atomic mass is 35.5. The van der Waals surface area contributed by atoms with Gasteiger partial charge in [-0.25, -0.2) is 9.18 Å². The Morgan fingerprint density at radius 1 is 1.41 bits per heavy atom. The van der Waals surface area contributed by atoms with Crippen LogP contribution in [0.4, 0.5) is 14.9 Å². The number of imide groups is 1. The SMILES string of the molecule is Cc1ccc(F)cc1NC(=O)NC(=O)CCCl. The predicted molar refractivity (Wildman–Crippen MR) is 63.6 cm³/mol. The molecule has 2 N–H and O–H groups in total. The summed E-state index contributed by atoms with van der Waals surface area (Å²) in [7, 11) is 0. The van der Waals surface area contributed by atoms with E-state index in [9.17, 15) is 14.0 Å². The largest absolute Gasteiger partial charge is 0.325 e. The molecule has 0 bridgehead atoms. The third-order valence-electron chi connectivity index (χ3n) is 2.02. The first-order valence-electron chi connectivity index (χ1n) is 4.96. The van der Waals surface area contributed by atoms with Gasteiger partial charge in [0.2, 0.25) is 5.91 Å². The molecule has 4 nitrogen and oxygen atoms in total. The van der Waals surface area contributed by atoms with E-state index in [2.05, 4.69) is 10.6 Å². The molecule has 0 atom stereocenters. The lowest BCUT2D eigenvalue weighted by Crippen LogP contribution is -2.34. The number of rotatable bonds is 3. The molecule has 0 aliphatic rings. The fourth-order valence-electron chi connectivity index (χ4n) is 1.16. The number of benzene rings is 1. The summed E-state index contributed by atoms with van der Waals surface area (Å²) >= 11 is 5.34. The van der Waals surface area contributed by atoms with Crippen LogP contribution in [-0.4, -0.2) is 17.8 Å². The van der Waals surface area contributed by atoms with Crippen molar-refractivity contribution in [3.63, 3.8) is 0 Å². The minimum Gasteiger partial charge on any atom is -0.307 e. The third-order valence-corrected chi connectivity index (χ3v) is 2.21. The van der Waals surface area contributed by atoms with E-state index < -0.39 is 17.8 Å². The van der Waals surface area contributed by atoms with Gasteiger partial charge in [0.25, 0.3) is 0 Å². The number of hydrogen-bond acceptors (Lipinski definition) is 2. The highest BCUT2D eigenvalue weighted by Crippen LogP contribution is 2.15. The Bertz CT molecular complexity index is 437. The van der Waals surface area contributed by atoms with E-state index in [1.165, 1.54) is 18.2 Å². The van der Waals surface area contributed by atoms with Crippen LogP contribution in [0.2, 0.25) is 0 Å². The monoisotopic (exact) mass is 258 g/mol. The summed E-state index contributed by atoms with van der Waals surface area (Å²) in [5.74, 6) is -0.803. The van der Waals surface area contributed by atoms with Gasteiger partial charge in [-0.15, -0.1) is 11.6 Å². The Balaban J connectivity index is 2.62. The molecule has 6 heteroatoms. The topological polar surface area (TPSA) is 58.2 Å². The number of halogens is 2. The number of aryl methyl sites for hydroxylation is 1. The van der Waals surface area contributed by atoms with Crippen LogP contribution in [0, 0.1) is 12.7 Å². The predicted octanol–water partition coefficient (Wildman–Crippen LogP) is 2.41. The molecule has 0 spiro atoms. The summed E-state index contributed by atoms with van der Waals surface area (Å²) in [4.78, 5) is 22.4. The maximum Gasteiger partial charge on any atom is 0.325 e. The van der Waals surface area contributed by atoms with Crippen molar-refractivity contribution in [1.29, 1.82) is 0 Å². The Morgan fingerprint density at radius 2 is 2.12 bits per heavy atom. The first-order chi connectivity index (χ1) is 8.02. The molecule has 92 valence electrons. The van der Waals surface area contributed by atoms with Crippen LogP contribution >= 0.6 is 11.6 Å². The standard InChI is InChI=1S/C11H12ClFN2O2/c1-7-2-3-8(13)6-9(7)14-11(17)15-10(16)4-5-12/h2-3,6H,4-5H2,1H3,(H2,14,15,16,17). The molecule has 0 saturated carbocycles. The van der Waals surface area contributed by atoms with E-state index in [4.69, 9.17) is 11.6 Å². The van der Waals surface area contributed by atoms with Crippen molar-refractivity contribution >= 4 is 29.2 Å². The molecule has 3 amide bonds. The number of nitrogens with one attached hydrogen (secondary N) is 2. The number of carbonyl (C=O) groups excluding carboxylic acids is 2. The fourth-order valence-corrected chi connectivity index (χ4v) is 1.33. The van der Waals surface area contributed by atoms with E-state index in [0.29, 0.717) is 11.3 Å². The second kappa shape index (κ2) is 6.20. The van der Waals surface area contributed by atoms with Gasteiger partial charge in [-0.1, -0.05) is 6.07 Å². The summed E-state index contributed by atoms with van der Waals surface area (Å²) in [5.41, 5.74) is 1.02. The molecule has 0 radical (unpaired) electrons. The number of anilines is 1. The van der Waals surface area contributed by atoms with Gasteiger partial charge in [-0.2, -0.15) is 0 Å². The zero-order valence-electron chi connectivity index (χ0n) is 9.22. The molecule has 0 heterocycles. The summed E-state index contributed by atoms with van der Waals surface area (Å²) in [6.45, 7) is 1.72. The van der Waals surface area contributed by atoms with Crippen LogP contribution in [0.15, 0.2) is 18.2 Å². The normalized spacial score (nSPS) is 9.82. The Hall–Kier alpha value is -1.62. The number of hydrogen-bond donors (Lipinski definition) is 2. The average molecular weight is 259 g/mol. The van der Waals surface area contributed by atoms with Crippen molar-refractivity contribution < 1.29 is 14.0 Å². The summed E-state index contributed by atoms with van der Waals surface area (Å²) in [6.07, 6.45) is 0.0527. The molecule has 0 aromatic heterocycles.